The Bertz CT molecular complexity index is 1040. The molecule has 0 aromatic carbocycles. The number of aromatic nitrogens is 6. The molecule has 0 amide bonds. The third-order valence-electron chi connectivity index (χ3n) is 4.57. The zero-order valence-corrected chi connectivity index (χ0v) is 14.4. The van der Waals surface area contributed by atoms with Gasteiger partial charge in [0.25, 0.3) is 5.56 Å². The molecule has 0 N–H and O–H groups in total. The molecule has 3 aromatic heterocycles. The number of hydrogen-bond acceptors (Lipinski definition) is 6. The van der Waals surface area contributed by atoms with Crippen LogP contribution in [-0.4, -0.2) is 42.4 Å². The lowest BCUT2D eigenvalue weighted by atomic mass is 10.0. The standard InChI is InChI=1S/C16H16F3N7O/c1-2-24-9-22-13-14(24)20-8-21-15(13)25-5-10(6-25)7-26-12(27)4-3-11(23-26)16(17,18)19/h3-4,8-10H,2,5-7H2,1H3. The number of halogens is 3. The molecule has 0 spiro atoms. The molecule has 8 nitrogen and oxygen atoms in total. The summed E-state index contributed by atoms with van der Waals surface area (Å²) in [6.45, 7) is 3.95. The molecule has 0 radical (unpaired) electrons. The summed E-state index contributed by atoms with van der Waals surface area (Å²) in [6, 6.07) is 1.60. The molecule has 1 saturated heterocycles. The minimum atomic E-state index is -4.58. The maximum atomic E-state index is 12.8. The van der Waals surface area contributed by atoms with Gasteiger partial charge in [-0.05, 0) is 13.0 Å². The van der Waals surface area contributed by atoms with Crippen molar-refractivity contribution in [3.63, 3.8) is 0 Å². The van der Waals surface area contributed by atoms with E-state index in [1.165, 1.54) is 6.33 Å². The number of fused-ring (bicyclic) bond motifs is 1. The molecule has 1 aliphatic rings. The van der Waals surface area contributed by atoms with Gasteiger partial charge in [0.05, 0.1) is 12.9 Å². The molecule has 0 bridgehead atoms. The molecular weight excluding hydrogens is 363 g/mol. The number of alkyl halides is 3. The second-order valence-electron chi connectivity index (χ2n) is 6.41. The van der Waals surface area contributed by atoms with Gasteiger partial charge in [0.1, 0.15) is 6.33 Å². The Morgan fingerprint density at radius 1 is 1.19 bits per heavy atom. The van der Waals surface area contributed by atoms with Crippen LogP contribution in [0, 0.1) is 5.92 Å². The Hall–Kier alpha value is -2.98. The molecule has 1 fully saturated rings. The first-order chi connectivity index (χ1) is 12.9. The van der Waals surface area contributed by atoms with Crippen LogP contribution in [0.2, 0.25) is 0 Å². The van der Waals surface area contributed by atoms with E-state index in [-0.39, 0.29) is 12.5 Å². The summed E-state index contributed by atoms with van der Waals surface area (Å²) in [4.78, 5) is 26.7. The van der Waals surface area contributed by atoms with Crippen LogP contribution >= 0.6 is 0 Å². The number of imidazole rings is 1. The Kier molecular flexibility index (Phi) is 4.08. The summed E-state index contributed by atoms with van der Waals surface area (Å²) in [7, 11) is 0. The average molecular weight is 379 g/mol. The zero-order valence-electron chi connectivity index (χ0n) is 14.4. The molecule has 11 heteroatoms. The fourth-order valence-electron chi connectivity index (χ4n) is 3.16. The average Bonchev–Trinajstić information content (AvgIpc) is 3.01. The highest BCUT2D eigenvalue weighted by Crippen LogP contribution is 2.29. The maximum Gasteiger partial charge on any atom is 0.435 e. The fourth-order valence-corrected chi connectivity index (χ4v) is 3.16. The van der Waals surface area contributed by atoms with E-state index in [0.29, 0.717) is 30.5 Å². The van der Waals surface area contributed by atoms with Crippen LogP contribution in [0.1, 0.15) is 12.6 Å². The summed E-state index contributed by atoms with van der Waals surface area (Å²) in [5.41, 5.74) is -0.192. The molecule has 0 saturated carbocycles. The van der Waals surface area contributed by atoms with Crippen molar-refractivity contribution >= 4 is 17.0 Å². The van der Waals surface area contributed by atoms with Crippen LogP contribution in [0.3, 0.4) is 0 Å². The highest BCUT2D eigenvalue weighted by Gasteiger charge is 2.34. The van der Waals surface area contributed by atoms with Gasteiger partial charge in [-0.25, -0.2) is 19.6 Å². The number of anilines is 1. The molecule has 142 valence electrons. The lowest BCUT2D eigenvalue weighted by Crippen LogP contribution is -2.50. The maximum absolute atomic E-state index is 12.8. The molecule has 1 aliphatic heterocycles. The van der Waals surface area contributed by atoms with Crippen molar-refractivity contribution in [1.82, 2.24) is 29.3 Å². The topological polar surface area (TPSA) is 81.7 Å². The van der Waals surface area contributed by atoms with Crippen molar-refractivity contribution in [3.05, 3.63) is 40.8 Å². The van der Waals surface area contributed by atoms with Crippen LogP contribution in [0.25, 0.3) is 11.2 Å². The van der Waals surface area contributed by atoms with E-state index in [2.05, 4.69) is 20.1 Å². The van der Waals surface area contributed by atoms with Gasteiger partial charge in [-0.15, -0.1) is 0 Å². The summed E-state index contributed by atoms with van der Waals surface area (Å²) in [5, 5.41) is 3.45. The number of rotatable bonds is 4. The highest BCUT2D eigenvalue weighted by atomic mass is 19.4. The summed E-state index contributed by atoms with van der Waals surface area (Å²) in [5.74, 6) is 0.685. The quantitative estimate of drug-likeness (QED) is 0.684. The van der Waals surface area contributed by atoms with Crippen LogP contribution < -0.4 is 10.5 Å². The first-order valence-corrected chi connectivity index (χ1v) is 8.43. The molecule has 0 atom stereocenters. The second kappa shape index (κ2) is 6.32. The number of hydrogen-bond donors (Lipinski definition) is 0. The Labute approximate surface area is 151 Å². The Morgan fingerprint density at radius 2 is 1.96 bits per heavy atom. The normalized spacial score (nSPS) is 15.3. The van der Waals surface area contributed by atoms with Gasteiger partial charge in [0, 0.05) is 31.6 Å². The monoisotopic (exact) mass is 379 g/mol. The molecule has 0 unspecified atom stereocenters. The highest BCUT2D eigenvalue weighted by molar-refractivity contribution is 5.83. The predicted octanol–water partition coefficient (Wildman–Crippen LogP) is 1.56. The lowest BCUT2D eigenvalue weighted by Gasteiger charge is -2.40. The van der Waals surface area contributed by atoms with Crippen LogP contribution in [-0.2, 0) is 19.3 Å². The van der Waals surface area contributed by atoms with Gasteiger partial charge in [-0.2, -0.15) is 18.3 Å². The fraction of sp³-hybridized carbons (Fsp3) is 0.438. The first kappa shape index (κ1) is 17.4. The van der Waals surface area contributed by atoms with Crippen molar-refractivity contribution in [1.29, 1.82) is 0 Å². The molecule has 27 heavy (non-hydrogen) atoms. The van der Waals surface area contributed by atoms with Crippen molar-refractivity contribution < 1.29 is 13.2 Å². The van der Waals surface area contributed by atoms with Crippen molar-refractivity contribution in [2.75, 3.05) is 18.0 Å². The summed E-state index contributed by atoms with van der Waals surface area (Å²) >= 11 is 0. The van der Waals surface area contributed by atoms with E-state index < -0.39 is 17.4 Å². The largest absolute Gasteiger partial charge is 0.435 e. The van der Waals surface area contributed by atoms with E-state index in [1.807, 2.05) is 16.4 Å². The van der Waals surface area contributed by atoms with Crippen molar-refractivity contribution in [2.24, 2.45) is 5.92 Å². The van der Waals surface area contributed by atoms with Crippen molar-refractivity contribution in [3.8, 4) is 0 Å². The van der Waals surface area contributed by atoms with E-state index in [9.17, 15) is 18.0 Å². The smallest absolute Gasteiger partial charge is 0.354 e. The van der Waals surface area contributed by atoms with E-state index in [0.717, 1.165) is 22.9 Å². The van der Waals surface area contributed by atoms with E-state index >= 15 is 0 Å². The Balaban J connectivity index is 1.50. The Morgan fingerprint density at radius 3 is 2.67 bits per heavy atom. The minimum absolute atomic E-state index is 0.00281. The van der Waals surface area contributed by atoms with Gasteiger partial charge in [0.2, 0.25) is 0 Å². The van der Waals surface area contributed by atoms with E-state index in [1.54, 1.807) is 6.33 Å². The third kappa shape index (κ3) is 3.13. The molecule has 4 heterocycles. The van der Waals surface area contributed by atoms with Crippen LogP contribution in [0.15, 0.2) is 29.6 Å². The minimum Gasteiger partial charge on any atom is -0.354 e. The second-order valence-corrected chi connectivity index (χ2v) is 6.41. The molecular formula is C16H16F3N7O. The predicted molar refractivity (Wildman–Crippen MR) is 90.2 cm³/mol. The molecule has 4 rings (SSSR count). The zero-order chi connectivity index (χ0) is 19.2. The lowest BCUT2D eigenvalue weighted by molar-refractivity contribution is -0.142. The third-order valence-corrected chi connectivity index (χ3v) is 4.57. The van der Waals surface area contributed by atoms with Gasteiger partial charge < -0.3 is 9.47 Å². The number of nitrogens with zero attached hydrogens (tertiary/aromatic N) is 7. The van der Waals surface area contributed by atoms with Gasteiger partial charge in [-0.3, -0.25) is 4.79 Å². The SMILES string of the molecule is CCn1cnc2c(N3CC(Cn4nc(C(F)(F)F)ccc4=O)C3)ncnc21. The van der Waals surface area contributed by atoms with Crippen LogP contribution in [0.5, 0.6) is 0 Å². The summed E-state index contributed by atoms with van der Waals surface area (Å²) in [6.07, 6.45) is -1.41. The van der Waals surface area contributed by atoms with E-state index in [4.69, 9.17) is 0 Å². The molecule has 0 aliphatic carbocycles. The van der Waals surface area contributed by atoms with Gasteiger partial charge in [-0.1, -0.05) is 0 Å². The molecule has 3 aromatic rings. The summed E-state index contributed by atoms with van der Waals surface area (Å²) < 4.78 is 41.1. The van der Waals surface area contributed by atoms with Crippen LogP contribution in [0.4, 0.5) is 19.0 Å². The van der Waals surface area contributed by atoms with Gasteiger partial charge >= 0.3 is 6.18 Å². The van der Waals surface area contributed by atoms with Gasteiger partial charge in [0.15, 0.2) is 22.7 Å². The number of aryl methyl sites for hydroxylation is 1. The first-order valence-electron chi connectivity index (χ1n) is 8.43. The van der Waals surface area contributed by atoms with Crippen molar-refractivity contribution in [2.45, 2.75) is 26.2 Å².